The third kappa shape index (κ3) is 5.10. The van der Waals surface area contributed by atoms with Crippen molar-refractivity contribution >= 4 is 5.69 Å². The molecular formula is C20H27NO. The van der Waals surface area contributed by atoms with E-state index in [4.69, 9.17) is 4.74 Å². The fourth-order valence-corrected chi connectivity index (χ4v) is 2.60. The van der Waals surface area contributed by atoms with E-state index in [0.29, 0.717) is 0 Å². The van der Waals surface area contributed by atoms with Crippen LogP contribution in [0.15, 0.2) is 48.5 Å². The van der Waals surface area contributed by atoms with E-state index in [9.17, 15) is 0 Å². The molecule has 0 aliphatic rings. The molecule has 1 N–H and O–H groups in total. The van der Waals surface area contributed by atoms with Crippen molar-refractivity contribution in [2.45, 2.75) is 45.6 Å². The zero-order chi connectivity index (χ0) is 15.6. The summed E-state index contributed by atoms with van der Waals surface area (Å²) < 4.78 is 5.36. The first kappa shape index (κ1) is 16.4. The van der Waals surface area contributed by atoms with Crippen LogP contribution < -0.4 is 10.1 Å². The summed E-state index contributed by atoms with van der Waals surface area (Å²) >= 11 is 0. The molecule has 2 rings (SSSR count). The summed E-state index contributed by atoms with van der Waals surface area (Å²) in [6.45, 7) is 3.09. The molecule has 0 aliphatic carbocycles. The molecule has 0 aliphatic heterocycles. The molecule has 2 aromatic carbocycles. The van der Waals surface area contributed by atoms with E-state index in [1.165, 1.54) is 42.5 Å². The minimum atomic E-state index is 0.843. The lowest BCUT2D eigenvalue weighted by atomic mass is 10.0. The number of ether oxygens (including phenoxy) is 1. The van der Waals surface area contributed by atoms with Crippen LogP contribution in [0.25, 0.3) is 0 Å². The number of anilines is 1. The van der Waals surface area contributed by atoms with E-state index < -0.39 is 0 Å². The molecule has 118 valence electrons. The van der Waals surface area contributed by atoms with Crippen molar-refractivity contribution < 1.29 is 4.74 Å². The van der Waals surface area contributed by atoms with Gasteiger partial charge in [-0.1, -0.05) is 62.6 Å². The number of hydrogen-bond acceptors (Lipinski definition) is 2. The second kappa shape index (κ2) is 9.14. The van der Waals surface area contributed by atoms with E-state index in [0.717, 1.165) is 18.7 Å². The zero-order valence-corrected chi connectivity index (χ0v) is 13.8. The van der Waals surface area contributed by atoms with E-state index >= 15 is 0 Å². The number of aryl methyl sites for hydroxylation is 1. The molecule has 0 unspecified atom stereocenters. The van der Waals surface area contributed by atoms with Gasteiger partial charge in [0.1, 0.15) is 5.75 Å². The maximum Gasteiger partial charge on any atom is 0.120 e. The van der Waals surface area contributed by atoms with Crippen LogP contribution in [0.2, 0.25) is 0 Å². The lowest BCUT2D eigenvalue weighted by Gasteiger charge is -2.14. The molecule has 0 amide bonds. The van der Waals surface area contributed by atoms with Crippen LogP contribution in [0.5, 0.6) is 5.75 Å². The molecule has 0 aromatic heterocycles. The Kier molecular flexibility index (Phi) is 6.82. The highest BCUT2D eigenvalue weighted by molar-refractivity contribution is 5.55. The molecule has 0 saturated heterocycles. The van der Waals surface area contributed by atoms with Crippen LogP contribution in [-0.2, 0) is 13.0 Å². The van der Waals surface area contributed by atoms with Crippen molar-refractivity contribution in [2.24, 2.45) is 0 Å². The van der Waals surface area contributed by atoms with E-state index in [-0.39, 0.29) is 0 Å². The predicted octanol–water partition coefficient (Wildman–Crippen LogP) is 5.43. The number of unbranched alkanes of at least 4 members (excludes halogenated alkanes) is 3. The van der Waals surface area contributed by atoms with Crippen molar-refractivity contribution in [3.63, 3.8) is 0 Å². The van der Waals surface area contributed by atoms with Crippen molar-refractivity contribution in [1.82, 2.24) is 0 Å². The summed E-state index contributed by atoms with van der Waals surface area (Å²) in [5, 5.41) is 3.57. The molecule has 22 heavy (non-hydrogen) atoms. The van der Waals surface area contributed by atoms with Crippen molar-refractivity contribution in [3.05, 3.63) is 59.7 Å². The fraction of sp³-hybridized carbons (Fsp3) is 0.400. The quantitative estimate of drug-likeness (QED) is 0.623. The van der Waals surface area contributed by atoms with Gasteiger partial charge in [-0.15, -0.1) is 0 Å². The van der Waals surface area contributed by atoms with Gasteiger partial charge in [0.25, 0.3) is 0 Å². The summed E-state index contributed by atoms with van der Waals surface area (Å²) in [5.74, 6) is 0.910. The molecule has 0 atom stereocenters. The molecule has 0 heterocycles. The summed E-state index contributed by atoms with van der Waals surface area (Å²) in [5.41, 5.74) is 3.87. The third-order valence-electron chi connectivity index (χ3n) is 3.94. The van der Waals surface area contributed by atoms with E-state index in [1.807, 2.05) is 6.07 Å². The maximum absolute atomic E-state index is 5.36. The lowest BCUT2D eigenvalue weighted by Crippen LogP contribution is -2.03. The normalized spacial score (nSPS) is 10.5. The minimum Gasteiger partial charge on any atom is -0.497 e. The van der Waals surface area contributed by atoms with Crippen molar-refractivity contribution in [1.29, 1.82) is 0 Å². The molecule has 0 radical (unpaired) electrons. The van der Waals surface area contributed by atoms with Gasteiger partial charge in [-0.25, -0.2) is 0 Å². The first-order chi connectivity index (χ1) is 10.8. The Balaban J connectivity index is 2.02. The number of rotatable bonds is 9. The predicted molar refractivity (Wildman–Crippen MR) is 94.6 cm³/mol. The largest absolute Gasteiger partial charge is 0.497 e. The Hall–Kier alpha value is -1.96. The standard InChI is InChI=1S/C20H27NO/c1-3-4-5-9-12-18-13-14-19(22-2)15-20(18)21-16-17-10-7-6-8-11-17/h6-8,10-11,13-15,21H,3-5,9,12,16H2,1-2H3. The van der Waals surface area contributed by atoms with Gasteiger partial charge in [-0.05, 0) is 30.0 Å². The Bertz CT molecular complexity index is 551. The van der Waals surface area contributed by atoms with Crippen molar-refractivity contribution in [3.8, 4) is 5.75 Å². The smallest absolute Gasteiger partial charge is 0.120 e. The average molecular weight is 297 g/mol. The van der Waals surface area contributed by atoms with Gasteiger partial charge in [0, 0.05) is 18.3 Å². The van der Waals surface area contributed by atoms with Gasteiger partial charge < -0.3 is 10.1 Å². The molecule has 2 aromatic rings. The molecule has 0 fully saturated rings. The van der Waals surface area contributed by atoms with Gasteiger partial charge in [0.2, 0.25) is 0 Å². The second-order valence-corrected chi connectivity index (χ2v) is 5.67. The van der Waals surface area contributed by atoms with Crippen LogP contribution >= 0.6 is 0 Å². The van der Waals surface area contributed by atoms with Crippen LogP contribution in [0.1, 0.15) is 43.7 Å². The molecular weight excluding hydrogens is 270 g/mol. The van der Waals surface area contributed by atoms with Gasteiger partial charge in [-0.3, -0.25) is 0 Å². The highest BCUT2D eigenvalue weighted by Gasteiger charge is 2.05. The van der Waals surface area contributed by atoms with Crippen LogP contribution in [-0.4, -0.2) is 7.11 Å². The Labute approximate surface area is 134 Å². The fourth-order valence-electron chi connectivity index (χ4n) is 2.60. The highest BCUT2D eigenvalue weighted by atomic mass is 16.5. The zero-order valence-electron chi connectivity index (χ0n) is 13.8. The van der Waals surface area contributed by atoms with Crippen LogP contribution in [0.4, 0.5) is 5.69 Å². The van der Waals surface area contributed by atoms with Gasteiger partial charge in [-0.2, -0.15) is 0 Å². The molecule has 0 bridgehead atoms. The summed E-state index contributed by atoms with van der Waals surface area (Å²) in [4.78, 5) is 0. The monoisotopic (exact) mass is 297 g/mol. The number of hydrogen-bond donors (Lipinski definition) is 1. The first-order valence-electron chi connectivity index (χ1n) is 8.28. The number of nitrogens with one attached hydrogen (secondary N) is 1. The lowest BCUT2D eigenvalue weighted by molar-refractivity contribution is 0.415. The Morgan fingerprint density at radius 2 is 1.77 bits per heavy atom. The third-order valence-corrected chi connectivity index (χ3v) is 3.94. The van der Waals surface area contributed by atoms with Gasteiger partial charge in [0.15, 0.2) is 0 Å². The number of methoxy groups -OCH3 is 1. The maximum atomic E-state index is 5.36. The summed E-state index contributed by atoms with van der Waals surface area (Å²) in [7, 11) is 1.72. The van der Waals surface area contributed by atoms with E-state index in [1.54, 1.807) is 7.11 Å². The van der Waals surface area contributed by atoms with Gasteiger partial charge >= 0.3 is 0 Å². The molecule has 2 nitrogen and oxygen atoms in total. The molecule has 0 spiro atoms. The topological polar surface area (TPSA) is 21.3 Å². The van der Waals surface area contributed by atoms with Crippen LogP contribution in [0.3, 0.4) is 0 Å². The molecule has 2 heteroatoms. The highest BCUT2D eigenvalue weighted by Crippen LogP contribution is 2.25. The minimum absolute atomic E-state index is 0.843. The first-order valence-corrected chi connectivity index (χ1v) is 8.28. The summed E-state index contributed by atoms with van der Waals surface area (Å²) in [6.07, 6.45) is 6.28. The Morgan fingerprint density at radius 1 is 0.955 bits per heavy atom. The number of benzene rings is 2. The summed E-state index contributed by atoms with van der Waals surface area (Å²) in [6, 6.07) is 16.9. The van der Waals surface area contributed by atoms with Gasteiger partial charge in [0.05, 0.1) is 7.11 Å². The SMILES string of the molecule is CCCCCCc1ccc(OC)cc1NCc1ccccc1. The van der Waals surface area contributed by atoms with Crippen molar-refractivity contribution in [2.75, 3.05) is 12.4 Å². The average Bonchev–Trinajstić information content (AvgIpc) is 2.58. The Morgan fingerprint density at radius 3 is 2.50 bits per heavy atom. The molecule has 0 saturated carbocycles. The van der Waals surface area contributed by atoms with Crippen LogP contribution in [0, 0.1) is 0 Å². The van der Waals surface area contributed by atoms with E-state index in [2.05, 4.69) is 54.7 Å². The second-order valence-electron chi connectivity index (χ2n) is 5.67.